The van der Waals surface area contributed by atoms with Crippen LogP contribution >= 0.6 is 15.9 Å². The summed E-state index contributed by atoms with van der Waals surface area (Å²) in [6.07, 6.45) is 11.9. The number of fused-ring (bicyclic) bond motifs is 1. The topological polar surface area (TPSA) is 54.0 Å². The Balaban J connectivity index is 2.19. The van der Waals surface area contributed by atoms with Crippen LogP contribution in [0.5, 0.6) is 0 Å². The van der Waals surface area contributed by atoms with Crippen molar-refractivity contribution in [3.63, 3.8) is 0 Å². The van der Waals surface area contributed by atoms with Crippen molar-refractivity contribution in [2.45, 2.75) is 51.0 Å². The first kappa shape index (κ1) is 17.2. The highest BCUT2D eigenvalue weighted by Crippen LogP contribution is 2.20. The summed E-state index contributed by atoms with van der Waals surface area (Å²) < 4.78 is 0.744. The maximum Gasteiger partial charge on any atom is 0.242 e. The Hall–Kier alpha value is -1.20. The fourth-order valence-corrected chi connectivity index (χ4v) is 2.92. The van der Waals surface area contributed by atoms with E-state index in [9.17, 15) is 4.79 Å². The largest absolute Gasteiger partial charge is 0.309 e. The number of hydrogen-bond acceptors (Lipinski definition) is 3. The Kier molecular flexibility index (Phi) is 7.06. The summed E-state index contributed by atoms with van der Waals surface area (Å²) in [4.78, 5) is 16.9. The average Bonchev–Trinajstić information content (AvgIpc) is 2.50. The van der Waals surface area contributed by atoms with Crippen molar-refractivity contribution in [3.05, 3.63) is 34.5 Å². The number of aryl methyl sites for hydroxylation is 1. The molecule has 0 aromatic carbocycles. The van der Waals surface area contributed by atoms with Gasteiger partial charge >= 0.3 is 0 Å². The van der Waals surface area contributed by atoms with Gasteiger partial charge in [0.15, 0.2) is 0 Å². The lowest BCUT2D eigenvalue weighted by atomic mass is 10.0. The molecule has 0 spiro atoms. The lowest BCUT2D eigenvalue weighted by Crippen LogP contribution is -2.38. The zero-order valence-corrected chi connectivity index (χ0v) is 14.7. The summed E-state index contributed by atoms with van der Waals surface area (Å²) >= 11 is 3.38. The molecule has 2 N–H and O–H groups in total. The van der Waals surface area contributed by atoms with Crippen molar-refractivity contribution >= 4 is 27.7 Å². The molecule has 1 aliphatic heterocycles. The van der Waals surface area contributed by atoms with Crippen molar-refractivity contribution in [3.8, 4) is 0 Å². The summed E-state index contributed by atoms with van der Waals surface area (Å²) in [6, 6.07) is 3.76. The molecule has 1 aromatic rings. The summed E-state index contributed by atoms with van der Waals surface area (Å²) in [5.41, 5.74) is 1.11. The van der Waals surface area contributed by atoms with Crippen LogP contribution in [0.15, 0.2) is 28.9 Å². The second-order valence-electron chi connectivity index (χ2n) is 5.63. The van der Waals surface area contributed by atoms with Crippen LogP contribution in [0.3, 0.4) is 0 Å². The number of anilines is 1. The number of allylic oxidation sites excluding steroid dienone is 1. The van der Waals surface area contributed by atoms with Gasteiger partial charge in [0, 0.05) is 0 Å². The molecule has 1 atom stereocenters. The Morgan fingerprint density at radius 1 is 1.23 bits per heavy atom. The molecule has 0 saturated heterocycles. The monoisotopic (exact) mass is 365 g/mol. The maximum atomic E-state index is 12.4. The molecule has 2 heterocycles. The summed E-state index contributed by atoms with van der Waals surface area (Å²) in [5, 5.41) is 6.06. The Bertz CT molecular complexity index is 531. The van der Waals surface area contributed by atoms with Gasteiger partial charge in [0.25, 0.3) is 0 Å². The zero-order chi connectivity index (χ0) is 15.8. The van der Waals surface area contributed by atoms with E-state index in [2.05, 4.69) is 43.7 Å². The van der Waals surface area contributed by atoms with Gasteiger partial charge in [-0.05, 0) is 66.7 Å². The van der Waals surface area contributed by atoms with Crippen LogP contribution in [-0.2, 0) is 11.2 Å². The van der Waals surface area contributed by atoms with Crippen molar-refractivity contribution in [1.82, 2.24) is 10.3 Å². The molecule has 0 radical (unpaired) electrons. The number of nitrogens with one attached hydrogen (secondary N) is 2. The minimum absolute atomic E-state index is 0.0314. The Labute approximate surface area is 140 Å². The predicted molar refractivity (Wildman–Crippen MR) is 94.0 cm³/mol. The first-order valence-electron chi connectivity index (χ1n) is 7.99. The van der Waals surface area contributed by atoms with Crippen molar-refractivity contribution in [2.24, 2.45) is 0 Å². The number of amides is 1. The number of pyridine rings is 1. The van der Waals surface area contributed by atoms with Gasteiger partial charge in [-0.3, -0.25) is 4.79 Å². The molecular weight excluding hydrogens is 342 g/mol. The number of halogens is 1. The van der Waals surface area contributed by atoms with Gasteiger partial charge in [0.2, 0.25) is 5.91 Å². The number of aromatic nitrogens is 1. The van der Waals surface area contributed by atoms with Crippen LogP contribution in [0.1, 0.15) is 44.1 Å². The number of likely N-dealkylation sites (N-methyl/N-ethyl adjacent to an activating group) is 1. The standard InChI is InChI=1S/C17H24BrN3O/c1-19-14-10-8-6-4-2-3-5-7-9-13-11-12-15(18)20-16(13)21-17(14)22/h6,8,11-12,14,19H,2-5,7,9-10H2,1H3,(H,20,21,22)/b8-6+/t14-/m0/s1. The highest BCUT2D eigenvalue weighted by molar-refractivity contribution is 9.10. The quantitative estimate of drug-likeness (QED) is 0.587. The van der Waals surface area contributed by atoms with E-state index < -0.39 is 0 Å². The van der Waals surface area contributed by atoms with Crippen LogP contribution < -0.4 is 10.6 Å². The van der Waals surface area contributed by atoms with Gasteiger partial charge in [0.05, 0.1) is 6.04 Å². The molecule has 1 aliphatic rings. The van der Waals surface area contributed by atoms with Gasteiger partial charge in [-0.15, -0.1) is 0 Å². The molecule has 1 amide bonds. The molecule has 1 aromatic heterocycles. The third-order valence-corrected chi connectivity index (χ3v) is 4.40. The molecule has 22 heavy (non-hydrogen) atoms. The second kappa shape index (κ2) is 9.06. The van der Waals surface area contributed by atoms with Gasteiger partial charge in [-0.25, -0.2) is 4.98 Å². The summed E-state index contributed by atoms with van der Waals surface area (Å²) in [7, 11) is 1.82. The van der Waals surface area contributed by atoms with Crippen LogP contribution in [0.4, 0.5) is 5.82 Å². The SMILES string of the molecule is CN[C@H]1C/C=C/CCCCCCc2ccc(Br)nc2NC1=O. The fourth-order valence-electron chi connectivity index (χ4n) is 2.62. The van der Waals surface area contributed by atoms with E-state index in [1.165, 1.54) is 19.3 Å². The molecule has 0 aliphatic carbocycles. The van der Waals surface area contributed by atoms with E-state index in [0.717, 1.165) is 29.4 Å². The van der Waals surface area contributed by atoms with Gasteiger partial charge < -0.3 is 10.6 Å². The first-order chi connectivity index (χ1) is 10.7. The number of hydrogen-bond donors (Lipinski definition) is 2. The normalized spacial score (nSPS) is 22.3. The number of carbonyl (C=O) groups is 1. The number of nitrogens with zero attached hydrogens (tertiary/aromatic N) is 1. The Morgan fingerprint density at radius 3 is 2.86 bits per heavy atom. The molecule has 2 rings (SSSR count). The second-order valence-corrected chi connectivity index (χ2v) is 6.44. The maximum absolute atomic E-state index is 12.4. The van der Waals surface area contributed by atoms with E-state index >= 15 is 0 Å². The van der Waals surface area contributed by atoms with Crippen LogP contribution in [0.2, 0.25) is 0 Å². The molecule has 0 saturated carbocycles. The lowest BCUT2D eigenvalue weighted by Gasteiger charge is -2.16. The zero-order valence-electron chi connectivity index (χ0n) is 13.1. The molecular formula is C17H24BrN3O. The molecule has 0 bridgehead atoms. The van der Waals surface area contributed by atoms with Crippen molar-refractivity contribution in [2.75, 3.05) is 12.4 Å². The van der Waals surface area contributed by atoms with Crippen LogP contribution in [0.25, 0.3) is 0 Å². The van der Waals surface area contributed by atoms with E-state index in [4.69, 9.17) is 0 Å². The molecule has 0 unspecified atom stereocenters. The molecule has 5 heteroatoms. The summed E-state index contributed by atoms with van der Waals surface area (Å²) in [6.45, 7) is 0. The van der Waals surface area contributed by atoms with E-state index in [1.54, 1.807) is 0 Å². The predicted octanol–water partition coefficient (Wildman–Crippen LogP) is 3.82. The fraction of sp³-hybridized carbons (Fsp3) is 0.529. The minimum atomic E-state index is -0.229. The number of carbonyl (C=O) groups excluding carboxylic acids is 1. The highest BCUT2D eigenvalue weighted by Gasteiger charge is 2.17. The van der Waals surface area contributed by atoms with E-state index in [1.807, 2.05) is 19.2 Å². The van der Waals surface area contributed by atoms with Gasteiger partial charge in [-0.2, -0.15) is 0 Å². The van der Waals surface area contributed by atoms with E-state index in [-0.39, 0.29) is 11.9 Å². The number of rotatable bonds is 1. The van der Waals surface area contributed by atoms with Crippen LogP contribution in [-0.4, -0.2) is 24.0 Å². The average molecular weight is 366 g/mol. The van der Waals surface area contributed by atoms with Gasteiger partial charge in [-0.1, -0.05) is 31.1 Å². The van der Waals surface area contributed by atoms with Crippen LogP contribution in [0, 0.1) is 0 Å². The Morgan fingerprint density at radius 2 is 2.05 bits per heavy atom. The third kappa shape index (κ3) is 5.21. The first-order valence-corrected chi connectivity index (χ1v) is 8.78. The molecule has 4 nitrogen and oxygen atoms in total. The van der Waals surface area contributed by atoms with Gasteiger partial charge in [0.1, 0.15) is 10.4 Å². The smallest absolute Gasteiger partial charge is 0.242 e. The lowest BCUT2D eigenvalue weighted by molar-refractivity contribution is -0.118. The highest BCUT2D eigenvalue weighted by atomic mass is 79.9. The molecule has 0 fully saturated rings. The third-order valence-electron chi connectivity index (χ3n) is 3.96. The van der Waals surface area contributed by atoms with E-state index in [0.29, 0.717) is 12.2 Å². The summed E-state index contributed by atoms with van der Waals surface area (Å²) in [5.74, 6) is 0.650. The van der Waals surface area contributed by atoms with Crippen molar-refractivity contribution in [1.29, 1.82) is 0 Å². The minimum Gasteiger partial charge on any atom is -0.309 e. The van der Waals surface area contributed by atoms with Crippen molar-refractivity contribution < 1.29 is 4.79 Å². The molecule has 120 valence electrons.